The summed E-state index contributed by atoms with van der Waals surface area (Å²) in [6, 6.07) is 5.99. The first kappa shape index (κ1) is 16.7. The van der Waals surface area contributed by atoms with Gasteiger partial charge in [0, 0.05) is 11.1 Å². The molecule has 3 heteroatoms. The molecule has 0 N–H and O–H groups in total. The predicted molar refractivity (Wildman–Crippen MR) is 94.4 cm³/mol. The molecule has 1 aliphatic carbocycles. The first-order valence-electron chi connectivity index (χ1n) is 8.69. The molecule has 1 aromatic rings. The average molecular weight is 324 g/mol. The molecule has 24 heavy (non-hydrogen) atoms. The van der Waals surface area contributed by atoms with Crippen LogP contribution in [0.3, 0.4) is 0 Å². The number of fused-ring (bicyclic) bond motifs is 2. The summed E-state index contributed by atoms with van der Waals surface area (Å²) in [5.74, 6) is -0.00326. The fourth-order valence-electron chi connectivity index (χ4n) is 3.47. The maximum atomic E-state index is 12.9. The molecule has 1 aromatic carbocycles. The number of aryl methyl sites for hydroxylation is 1. The molecule has 1 heterocycles. The molecule has 0 saturated carbocycles. The van der Waals surface area contributed by atoms with E-state index in [1.54, 1.807) is 0 Å². The van der Waals surface area contributed by atoms with Crippen molar-refractivity contribution < 1.29 is 14.3 Å². The SMILES string of the molecule is CCCCCC1=CC(=O)C2=C(OC(C)(C)c3ccc(C)cc32)C1=O. The Balaban J connectivity index is 2.06. The minimum absolute atomic E-state index is 0.113. The summed E-state index contributed by atoms with van der Waals surface area (Å²) in [6.07, 6.45) is 5.21. The normalized spacial score (nSPS) is 18.8. The van der Waals surface area contributed by atoms with Crippen molar-refractivity contribution in [2.75, 3.05) is 0 Å². The molecule has 0 spiro atoms. The number of benzene rings is 1. The van der Waals surface area contributed by atoms with Gasteiger partial charge >= 0.3 is 0 Å². The third-order valence-electron chi connectivity index (χ3n) is 4.78. The van der Waals surface area contributed by atoms with E-state index >= 15 is 0 Å². The number of ketones is 2. The van der Waals surface area contributed by atoms with Gasteiger partial charge in [0.15, 0.2) is 11.5 Å². The summed E-state index contributed by atoms with van der Waals surface area (Å²) in [4.78, 5) is 25.6. The van der Waals surface area contributed by atoms with E-state index in [0.29, 0.717) is 17.6 Å². The van der Waals surface area contributed by atoms with Gasteiger partial charge in [0.05, 0.1) is 5.57 Å². The Morgan fingerprint density at radius 2 is 1.88 bits per heavy atom. The third-order valence-corrected chi connectivity index (χ3v) is 4.78. The van der Waals surface area contributed by atoms with Gasteiger partial charge in [-0.15, -0.1) is 0 Å². The molecular weight excluding hydrogens is 300 g/mol. The van der Waals surface area contributed by atoms with Gasteiger partial charge in [-0.3, -0.25) is 9.59 Å². The lowest BCUT2D eigenvalue weighted by atomic mass is 9.80. The number of Topliss-reactive ketones (excluding diaryl/α,β-unsaturated/α-hetero) is 1. The molecule has 0 atom stereocenters. The fourth-order valence-corrected chi connectivity index (χ4v) is 3.47. The predicted octanol–water partition coefficient (Wildman–Crippen LogP) is 4.63. The van der Waals surface area contributed by atoms with Crippen molar-refractivity contribution in [3.05, 3.63) is 52.3 Å². The topological polar surface area (TPSA) is 43.4 Å². The molecule has 0 radical (unpaired) electrons. The largest absolute Gasteiger partial charge is 0.478 e. The Kier molecular flexibility index (Phi) is 4.20. The summed E-state index contributed by atoms with van der Waals surface area (Å²) in [6.45, 7) is 7.99. The number of carbonyl (C=O) groups is 2. The monoisotopic (exact) mass is 324 g/mol. The lowest BCUT2D eigenvalue weighted by molar-refractivity contribution is -0.120. The van der Waals surface area contributed by atoms with Crippen LogP contribution in [-0.2, 0) is 19.9 Å². The Morgan fingerprint density at radius 1 is 1.12 bits per heavy atom. The molecule has 0 unspecified atom stereocenters. The van der Waals surface area contributed by atoms with Crippen LogP contribution < -0.4 is 0 Å². The fraction of sp³-hybridized carbons (Fsp3) is 0.429. The zero-order valence-corrected chi connectivity index (χ0v) is 14.9. The lowest BCUT2D eigenvalue weighted by Gasteiger charge is -2.37. The van der Waals surface area contributed by atoms with Crippen molar-refractivity contribution in [1.82, 2.24) is 0 Å². The second-order valence-electron chi connectivity index (χ2n) is 7.19. The van der Waals surface area contributed by atoms with E-state index in [1.807, 2.05) is 39.0 Å². The molecule has 1 aliphatic heterocycles. The van der Waals surface area contributed by atoms with Gasteiger partial charge < -0.3 is 4.74 Å². The molecule has 0 saturated heterocycles. The van der Waals surface area contributed by atoms with Crippen molar-refractivity contribution in [1.29, 1.82) is 0 Å². The quantitative estimate of drug-likeness (QED) is 0.599. The maximum Gasteiger partial charge on any atom is 0.224 e. The molecular formula is C21H24O3. The van der Waals surface area contributed by atoms with Crippen LogP contribution in [0.5, 0.6) is 0 Å². The number of rotatable bonds is 4. The highest BCUT2D eigenvalue weighted by Crippen LogP contribution is 2.44. The zero-order chi connectivity index (χ0) is 17.5. The highest BCUT2D eigenvalue weighted by Gasteiger charge is 2.41. The van der Waals surface area contributed by atoms with Gasteiger partial charge in [-0.25, -0.2) is 0 Å². The average Bonchev–Trinajstić information content (AvgIpc) is 2.51. The highest BCUT2D eigenvalue weighted by atomic mass is 16.5. The van der Waals surface area contributed by atoms with Crippen LogP contribution in [0.4, 0.5) is 0 Å². The molecule has 2 aliphatic rings. The van der Waals surface area contributed by atoms with E-state index in [4.69, 9.17) is 4.74 Å². The number of ether oxygens (including phenoxy) is 1. The van der Waals surface area contributed by atoms with Crippen LogP contribution in [0.25, 0.3) is 5.57 Å². The van der Waals surface area contributed by atoms with Gasteiger partial charge in [0.2, 0.25) is 5.78 Å². The molecule has 0 amide bonds. The van der Waals surface area contributed by atoms with Crippen molar-refractivity contribution >= 4 is 17.1 Å². The van der Waals surface area contributed by atoms with E-state index in [2.05, 4.69) is 6.92 Å². The first-order valence-corrected chi connectivity index (χ1v) is 8.69. The Bertz CT molecular complexity index is 778. The Hall–Kier alpha value is -2.16. The second-order valence-corrected chi connectivity index (χ2v) is 7.19. The molecule has 3 nitrogen and oxygen atoms in total. The molecule has 3 rings (SSSR count). The number of allylic oxidation sites excluding steroid dienone is 3. The number of carbonyl (C=O) groups excluding carboxylic acids is 2. The standard InChI is InChI=1S/C21H24O3/c1-5-6-7-8-14-12-17(22)18-15-11-13(2)9-10-16(15)21(3,4)24-20(18)19(14)23/h9-12H,5-8H2,1-4H3. The number of hydrogen-bond donors (Lipinski definition) is 0. The zero-order valence-electron chi connectivity index (χ0n) is 14.9. The smallest absolute Gasteiger partial charge is 0.224 e. The van der Waals surface area contributed by atoms with Crippen molar-refractivity contribution in [3.8, 4) is 0 Å². The van der Waals surface area contributed by atoms with Crippen LogP contribution >= 0.6 is 0 Å². The molecule has 126 valence electrons. The van der Waals surface area contributed by atoms with Gasteiger partial charge in [0.25, 0.3) is 0 Å². The lowest BCUT2D eigenvalue weighted by Crippen LogP contribution is -2.34. The Labute approximate surface area is 143 Å². The number of unbranched alkanes of at least 4 members (excludes halogenated alkanes) is 2. The summed E-state index contributed by atoms with van der Waals surface area (Å²) in [5, 5.41) is 0. The van der Waals surface area contributed by atoms with Gasteiger partial charge in [-0.05, 0) is 45.3 Å². The van der Waals surface area contributed by atoms with E-state index in [0.717, 1.165) is 36.0 Å². The first-order chi connectivity index (χ1) is 11.3. The van der Waals surface area contributed by atoms with Crippen LogP contribution in [0.15, 0.2) is 35.6 Å². The highest BCUT2D eigenvalue weighted by molar-refractivity contribution is 6.37. The van der Waals surface area contributed by atoms with Crippen molar-refractivity contribution in [3.63, 3.8) is 0 Å². The molecule has 0 fully saturated rings. The Morgan fingerprint density at radius 3 is 2.58 bits per heavy atom. The minimum atomic E-state index is -0.621. The van der Waals surface area contributed by atoms with E-state index in [9.17, 15) is 9.59 Å². The van der Waals surface area contributed by atoms with Crippen LogP contribution in [0, 0.1) is 6.92 Å². The summed E-state index contributed by atoms with van der Waals surface area (Å²) >= 11 is 0. The molecule has 0 bridgehead atoms. The molecule has 0 aromatic heterocycles. The van der Waals surface area contributed by atoms with Crippen LogP contribution in [0.2, 0.25) is 0 Å². The van der Waals surface area contributed by atoms with E-state index in [1.165, 1.54) is 6.08 Å². The van der Waals surface area contributed by atoms with E-state index in [-0.39, 0.29) is 17.3 Å². The van der Waals surface area contributed by atoms with Gasteiger partial charge in [-0.2, -0.15) is 0 Å². The van der Waals surface area contributed by atoms with Crippen molar-refractivity contribution in [2.45, 2.75) is 59.0 Å². The van der Waals surface area contributed by atoms with Gasteiger partial charge in [-0.1, -0.05) is 43.5 Å². The summed E-state index contributed by atoms with van der Waals surface area (Å²) < 4.78 is 6.03. The second kappa shape index (κ2) is 6.04. The maximum absolute atomic E-state index is 12.9. The third kappa shape index (κ3) is 2.72. The van der Waals surface area contributed by atoms with E-state index < -0.39 is 5.60 Å². The van der Waals surface area contributed by atoms with Crippen molar-refractivity contribution in [2.24, 2.45) is 0 Å². The van der Waals surface area contributed by atoms with Crippen LogP contribution in [0.1, 0.15) is 63.1 Å². The minimum Gasteiger partial charge on any atom is -0.478 e. The van der Waals surface area contributed by atoms with Gasteiger partial charge in [0.1, 0.15) is 5.60 Å². The van der Waals surface area contributed by atoms with Crippen LogP contribution in [-0.4, -0.2) is 11.6 Å². The summed E-state index contributed by atoms with van der Waals surface area (Å²) in [5.41, 5.74) is 3.25. The summed E-state index contributed by atoms with van der Waals surface area (Å²) in [7, 11) is 0. The number of hydrogen-bond acceptors (Lipinski definition) is 3.